The van der Waals surface area contributed by atoms with Gasteiger partial charge >= 0.3 is 5.97 Å². The van der Waals surface area contributed by atoms with Crippen LogP contribution in [0.3, 0.4) is 0 Å². The number of fused-ring (bicyclic) bond motifs is 1. The highest BCUT2D eigenvalue weighted by Crippen LogP contribution is 2.27. The first-order chi connectivity index (χ1) is 13.5. The van der Waals surface area contributed by atoms with Crippen LogP contribution in [-0.2, 0) is 14.8 Å². The third-order valence-electron chi connectivity index (χ3n) is 3.94. The fourth-order valence-corrected chi connectivity index (χ4v) is 5.06. The molecule has 10 heteroatoms. The number of aromatic nitrogens is 3. The maximum absolute atomic E-state index is 12.8. The molecule has 0 bridgehead atoms. The molecule has 0 aliphatic carbocycles. The highest BCUT2D eigenvalue weighted by molar-refractivity contribution is 7.93. The highest BCUT2D eigenvalue weighted by Gasteiger charge is 2.24. The normalized spacial score (nSPS) is 11.5. The molecule has 3 heterocycles. The molecule has 0 saturated carbocycles. The van der Waals surface area contributed by atoms with Gasteiger partial charge in [0, 0.05) is 29.8 Å². The van der Waals surface area contributed by atoms with Gasteiger partial charge in [-0.25, -0.2) is 23.2 Å². The molecule has 0 unspecified atom stereocenters. The number of carbonyl (C=O) groups excluding carboxylic acids is 1. The number of hydrogen-bond acceptors (Lipinski definition) is 7. The summed E-state index contributed by atoms with van der Waals surface area (Å²) in [5.41, 5.74) is 1.74. The molecule has 0 aliphatic heterocycles. The van der Waals surface area contributed by atoms with Crippen molar-refractivity contribution in [2.24, 2.45) is 0 Å². The number of carbonyl (C=O) groups is 1. The Balaban J connectivity index is 1.67. The summed E-state index contributed by atoms with van der Waals surface area (Å²) in [7, 11) is -2.75. The Hall–Kier alpha value is -3.24. The van der Waals surface area contributed by atoms with Crippen LogP contribution < -0.4 is 4.72 Å². The molecule has 3 aromatic heterocycles. The molecule has 0 radical (unpaired) electrons. The number of nitrogens with zero attached hydrogens (tertiary/aromatic N) is 3. The minimum absolute atomic E-state index is 0.0255. The second kappa shape index (κ2) is 7.06. The van der Waals surface area contributed by atoms with Crippen molar-refractivity contribution in [1.29, 1.82) is 0 Å². The summed E-state index contributed by atoms with van der Waals surface area (Å²) in [6.07, 6.45) is 5.29. The molecule has 0 fully saturated rings. The Morgan fingerprint density at radius 2 is 2.11 bits per heavy atom. The van der Waals surface area contributed by atoms with Gasteiger partial charge < -0.3 is 4.74 Å². The van der Waals surface area contributed by atoms with E-state index in [4.69, 9.17) is 0 Å². The molecular weight excluding hydrogens is 400 g/mol. The average Bonchev–Trinajstić information content (AvgIpc) is 3.34. The zero-order valence-corrected chi connectivity index (χ0v) is 16.2. The van der Waals surface area contributed by atoms with E-state index in [1.807, 2.05) is 18.5 Å². The summed E-state index contributed by atoms with van der Waals surface area (Å²) >= 11 is 1.01. The lowest BCUT2D eigenvalue weighted by Crippen LogP contribution is -2.15. The van der Waals surface area contributed by atoms with Crippen molar-refractivity contribution in [2.75, 3.05) is 11.8 Å². The van der Waals surface area contributed by atoms with E-state index >= 15 is 0 Å². The number of anilines is 1. The Morgan fingerprint density at radius 1 is 1.25 bits per heavy atom. The number of esters is 1. The molecule has 0 aliphatic rings. The van der Waals surface area contributed by atoms with Crippen molar-refractivity contribution in [3.63, 3.8) is 0 Å². The van der Waals surface area contributed by atoms with Crippen molar-refractivity contribution in [2.45, 2.75) is 4.90 Å². The van der Waals surface area contributed by atoms with Gasteiger partial charge in [-0.3, -0.25) is 9.12 Å². The van der Waals surface area contributed by atoms with E-state index in [1.165, 1.54) is 18.6 Å². The molecule has 8 nitrogen and oxygen atoms in total. The summed E-state index contributed by atoms with van der Waals surface area (Å²) < 4.78 is 34.4. The van der Waals surface area contributed by atoms with Crippen LogP contribution in [0.2, 0.25) is 0 Å². The largest absolute Gasteiger partial charge is 0.465 e. The van der Waals surface area contributed by atoms with Gasteiger partial charge in [-0.2, -0.15) is 0 Å². The third kappa shape index (κ3) is 3.35. The molecule has 0 spiro atoms. The number of nitrogens with one attached hydrogen (secondary N) is 1. The van der Waals surface area contributed by atoms with E-state index in [0.717, 1.165) is 16.9 Å². The minimum atomic E-state index is -3.96. The molecule has 0 saturated heterocycles. The summed E-state index contributed by atoms with van der Waals surface area (Å²) in [5, 5.41) is 1.53. The Labute approximate surface area is 164 Å². The Morgan fingerprint density at radius 3 is 2.89 bits per heavy atom. The van der Waals surface area contributed by atoms with E-state index in [-0.39, 0.29) is 9.77 Å². The summed E-state index contributed by atoms with van der Waals surface area (Å²) in [6, 6.07) is 10.0. The number of hydrogen-bond donors (Lipinski definition) is 1. The third-order valence-corrected chi connectivity index (χ3v) is 6.38. The van der Waals surface area contributed by atoms with Crippen LogP contribution in [0.4, 0.5) is 5.69 Å². The average molecular weight is 414 g/mol. The van der Waals surface area contributed by atoms with Crippen molar-refractivity contribution < 1.29 is 17.9 Å². The Bertz CT molecular complexity index is 1240. The molecule has 1 N–H and O–H groups in total. The minimum Gasteiger partial charge on any atom is -0.465 e. The van der Waals surface area contributed by atoms with Crippen molar-refractivity contribution >= 4 is 38.8 Å². The van der Waals surface area contributed by atoms with Crippen LogP contribution in [0.1, 0.15) is 9.67 Å². The first kappa shape index (κ1) is 18.1. The Kier molecular flexibility index (Phi) is 4.57. The van der Waals surface area contributed by atoms with E-state index < -0.39 is 16.0 Å². The van der Waals surface area contributed by atoms with Gasteiger partial charge in [0.1, 0.15) is 9.77 Å². The molecule has 1 aromatic carbocycles. The zero-order chi connectivity index (χ0) is 19.7. The van der Waals surface area contributed by atoms with E-state index in [0.29, 0.717) is 17.2 Å². The van der Waals surface area contributed by atoms with E-state index in [2.05, 4.69) is 19.4 Å². The fraction of sp³-hybridized carbons (Fsp3) is 0.0556. The van der Waals surface area contributed by atoms with Crippen molar-refractivity contribution in [3.8, 4) is 11.3 Å². The number of imidazole rings is 1. The van der Waals surface area contributed by atoms with E-state index in [9.17, 15) is 13.2 Å². The van der Waals surface area contributed by atoms with E-state index in [1.54, 1.807) is 34.9 Å². The SMILES string of the molecule is COC(=O)c1sccc1S(=O)(=O)Nc1cccc(-c2cn3cccnc3n2)c1. The number of methoxy groups -OCH3 is 1. The number of rotatable bonds is 5. The smallest absolute Gasteiger partial charge is 0.349 e. The lowest BCUT2D eigenvalue weighted by Gasteiger charge is -2.09. The van der Waals surface area contributed by atoms with Crippen LogP contribution in [0, 0.1) is 0 Å². The fourth-order valence-electron chi connectivity index (χ4n) is 2.67. The second-order valence-electron chi connectivity index (χ2n) is 5.74. The van der Waals surface area contributed by atoms with Crippen LogP contribution in [-0.4, -0.2) is 35.9 Å². The first-order valence-electron chi connectivity index (χ1n) is 8.07. The standard InChI is InChI=1S/C18H14N4O4S2/c1-26-17(23)16-15(6-9-27-16)28(24,25)21-13-5-2-4-12(10-13)14-11-22-8-3-7-19-18(22)20-14/h2-11,21H,1H3. The topological polar surface area (TPSA) is 103 Å². The second-order valence-corrected chi connectivity index (χ2v) is 8.31. The van der Waals surface area contributed by atoms with Crippen molar-refractivity contribution in [1.82, 2.24) is 14.4 Å². The predicted molar refractivity (Wildman–Crippen MR) is 105 cm³/mol. The first-order valence-corrected chi connectivity index (χ1v) is 10.4. The number of thiophene rings is 1. The zero-order valence-electron chi connectivity index (χ0n) is 14.6. The summed E-state index contributed by atoms with van der Waals surface area (Å²) in [6.45, 7) is 0. The summed E-state index contributed by atoms with van der Waals surface area (Å²) in [5.74, 6) is -0.147. The predicted octanol–water partition coefficient (Wildman–Crippen LogP) is 3.05. The van der Waals surface area contributed by atoms with Crippen LogP contribution in [0.5, 0.6) is 0 Å². The molecule has 142 valence electrons. The molecule has 4 aromatic rings. The maximum Gasteiger partial charge on any atom is 0.349 e. The van der Waals surface area contributed by atoms with Crippen LogP contribution in [0.25, 0.3) is 17.0 Å². The molecular formula is C18H14N4O4S2. The van der Waals surface area contributed by atoms with Crippen molar-refractivity contribution in [3.05, 3.63) is 65.2 Å². The van der Waals surface area contributed by atoms with Gasteiger partial charge in [-0.05, 0) is 29.6 Å². The van der Waals surface area contributed by atoms with Gasteiger partial charge in [0.25, 0.3) is 10.0 Å². The maximum atomic E-state index is 12.8. The number of ether oxygens (including phenoxy) is 1. The lowest BCUT2D eigenvalue weighted by atomic mass is 10.1. The van der Waals surface area contributed by atoms with Crippen LogP contribution in [0.15, 0.2) is 65.3 Å². The van der Waals surface area contributed by atoms with Gasteiger partial charge in [0.2, 0.25) is 5.78 Å². The lowest BCUT2D eigenvalue weighted by molar-refractivity contribution is 0.0602. The van der Waals surface area contributed by atoms with Gasteiger partial charge in [0.15, 0.2) is 0 Å². The van der Waals surface area contributed by atoms with Gasteiger partial charge in [-0.1, -0.05) is 12.1 Å². The quantitative estimate of drug-likeness (QED) is 0.504. The number of sulfonamides is 1. The highest BCUT2D eigenvalue weighted by atomic mass is 32.2. The van der Waals surface area contributed by atoms with Gasteiger partial charge in [0.05, 0.1) is 12.8 Å². The van der Waals surface area contributed by atoms with Gasteiger partial charge in [-0.15, -0.1) is 11.3 Å². The molecule has 4 rings (SSSR count). The molecule has 0 amide bonds. The molecule has 28 heavy (non-hydrogen) atoms. The number of benzene rings is 1. The monoisotopic (exact) mass is 414 g/mol. The van der Waals surface area contributed by atoms with Crippen LogP contribution >= 0.6 is 11.3 Å². The molecule has 0 atom stereocenters. The summed E-state index contributed by atoms with van der Waals surface area (Å²) in [4.78, 5) is 20.3.